The van der Waals surface area contributed by atoms with Gasteiger partial charge < -0.3 is 4.74 Å². The molecule has 1 aromatic carbocycles. The largest absolute Gasteiger partial charge is 0.465 e. The molecule has 0 fully saturated rings. The Labute approximate surface area is 126 Å². The number of methoxy groups -OCH3 is 1. The van der Waals surface area contributed by atoms with Gasteiger partial charge in [-0.15, -0.1) is 0 Å². The Hall–Kier alpha value is -2.40. The Morgan fingerprint density at radius 3 is 3.00 bits per heavy atom. The van der Waals surface area contributed by atoms with Gasteiger partial charge in [-0.25, -0.2) is 4.79 Å². The number of aromatic nitrogens is 3. The van der Waals surface area contributed by atoms with Crippen LogP contribution in [0.2, 0.25) is 5.02 Å². The minimum atomic E-state index is -0.379. The molecule has 21 heavy (non-hydrogen) atoms. The molecule has 0 saturated heterocycles. The molecular weight excluding hydrogens is 290 g/mol. The topological polar surface area (TPSA) is 57.0 Å². The average molecular weight is 302 g/mol. The minimum Gasteiger partial charge on any atom is -0.465 e. The van der Waals surface area contributed by atoms with Crippen LogP contribution in [-0.2, 0) is 11.3 Å². The highest BCUT2D eigenvalue weighted by Crippen LogP contribution is 2.19. The van der Waals surface area contributed by atoms with Crippen molar-refractivity contribution in [3.05, 3.63) is 59.0 Å². The fourth-order valence-electron chi connectivity index (χ4n) is 2.15. The van der Waals surface area contributed by atoms with E-state index in [1.807, 2.05) is 22.9 Å². The molecule has 0 atom stereocenters. The maximum Gasteiger partial charge on any atom is 0.337 e. The zero-order valence-electron chi connectivity index (χ0n) is 11.3. The molecule has 0 unspecified atom stereocenters. The number of nitrogens with zero attached hydrogens (tertiary/aromatic N) is 3. The molecule has 3 aromatic rings. The van der Waals surface area contributed by atoms with E-state index in [9.17, 15) is 4.79 Å². The third-order valence-electron chi connectivity index (χ3n) is 3.15. The summed E-state index contributed by atoms with van der Waals surface area (Å²) >= 11 is 5.96. The van der Waals surface area contributed by atoms with Crippen molar-refractivity contribution >= 4 is 28.5 Å². The third-order valence-corrected chi connectivity index (χ3v) is 3.39. The van der Waals surface area contributed by atoms with E-state index in [0.717, 1.165) is 16.6 Å². The number of halogens is 1. The van der Waals surface area contributed by atoms with Crippen molar-refractivity contribution in [2.45, 2.75) is 6.54 Å². The number of benzene rings is 1. The molecule has 0 radical (unpaired) electrons. The van der Waals surface area contributed by atoms with Gasteiger partial charge in [-0.05, 0) is 30.3 Å². The van der Waals surface area contributed by atoms with Crippen molar-refractivity contribution in [2.24, 2.45) is 0 Å². The van der Waals surface area contributed by atoms with Gasteiger partial charge in [0.25, 0.3) is 0 Å². The molecule has 0 saturated carbocycles. The molecule has 0 aliphatic rings. The predicted molar refractivity (Wildman–Crippen MR) is 79.4 cm³/mol. The van der Waals surface area contributed by atoms with Crippen LogP contribution in [0.15, 0.2) is 42.7 Å². The molecular formula is C15H12ClN3O2. The van der Waals surface area contributed by atoms with Gasteiger partial charge in [0.15, 0.2) is 0 Å². The summed E-state index contributed by atoms with van der Waals surface area (Å²) in [6.07, 6.45) is 3.34. The van der Waals surface area contributed by atoms with Crippen molar-refractivity contribution < 1.29 is 9.53 Å². The van der Waals surface area contributed by atoms with Crippen LogP contribution < -0.4 is 0 Å². The smallest absolute Gasteiger partial charge is 0.337 e. The summed E-state index contributed by atoms with van der Waals surface area (Å²) < 4.78 is 6.52. The van der Waals surface area contributed by atoms with E-state index in [2.05, 4.69) is 10.1 Å². The van der Waals surface area contributed by atoms with E-state index in [0.29, 0.717) is 17.1 Å². The lowest BCUT2D eigenvalue weighted by atomic mass is 10.2. The maximum absolute atomic E-state index is 11.5. The number of hydrogen-bond acceptors (Lipinski definition) is 4. The Bertz CT molecular complexity index is 814. The van der Waals surface area contributed by atoms with Gasteiger partial charge >= 0.3 is 5.97 Å². The van der Waals surface area contributed by atoms with Gasteiger partial charge in [0.05, 0.1) is 36.6 Å². The summed E-state index contributed by atoms with van der Waals surface area (Å²) in [7, 11) is 1.35. The summed E-state index contributed by atoms with van der Waals surface area (Å²) in [5.74, 6) is -0.379. The number of pyridine rings is 1. The summed E-state index contributed by atoms with van der Waals surface area (Å²) in [5, 5.41) is 5.97. The fourth-order valence-corrected chi connectivity index (χ4v) is 2.33. The van der Waals surface area contributed by atoms with Gasteiger partial charge in [0, 0.05) is 16.6 Å². The molecule has 0 amide bonds. The van der Waals surface area contributed by atoms with Crippen molar-refractivity contribution in [2.75, 3.05) is 7.11 Å². The van der Waals surface area contributed by atoms with Gasteiger partial charge in [-0.1, -0.05) is 11.6 Å². The van der Waals surface area contributed by atoms with Crippen LogP contribution in [0, 0.1) is 0 Å². The van der Waals surface area contributed by atoms with E-state index in [-0.39, 0.29) is 5.97 Å². The molecule has 0 aliphatic carbocycles. The van der Waals surface area contributed by atoms with E-state index < -0.39 is 0 Å². The molecule has 0 spiro atoms. The molecule has 0 N–H and O–H groups in total. The number of ether oxygens (including phenoxy) is 1. The number of fused-ring (bicyclic) bond motifs is 1. The monoisotopic (exact) mass is 301 g/mol. The Morgan fingerprint density at radius 1 is 1.33 bits per heavy atom. The van der Waals surface area contributed by atoms with E-state index in [1.54, 1.807) is 24.5 Å². The van der Waals surface area contributed by atoms with E-state index in [1.165, 1.54) is 7.11 Å². The molecule has 2 aromatic heterocycles. The molecule has 0 bridgehead atoms. The van der Waals surface area contributed by atoms with Crippen molar-refractivity contribution in [1.82, 2.24) is 14.8 Å². The zero-order chi connectivity index (χ0) is 14.8. The Kier molecular flexibility index (Phi) is 3.58. The van der Waals surface area contributed by atoms with Crippen LogP contribution >= 0.6 is 11.6 Å². The Balaban J connectivity index is 1.93. The lowest BCUT2D eigenvalue weighted by Crippen LogP contribution is -2.06. The van der Waals surface area contributed by atoms with Crippen molar-refractivity contribution in [3.63, 3.8) is 0 Å². The second-order valence-corrected chi connectivity index (χ2v) is 4.97. The second kappa shape index (κ2) is 5.54. The van der Waals surface area contributed by atoms with Gasteiger partial charge in [-0.3, -0.25) is 9.67 Å². The highest BCUT2D eigenvalue weighted by atomic mass is 35.5. The van der Waals surface area contributed by atoms with Crippen molar-refractivity contribution in [1.29, 1.82) is 0 Å². The SMILES string of the molecule is COC(=O)c1ccnc(Cn2ncc3cc(Cl)ccc32)c1. The molecule has 6 heteroatoms. The molecule has 0 aliphatic heterocycles. The standard InChI is InChI=1S/C15H12ClN3O2/c1-21-15(20)10-4-5-17-13(7-10)9-19-14-3-2-12(16)6-11(14)8-18-19/h2-8H,9H2,1H3. The van der Waals surface area contributed by atoms with Gasteiger partial charge in [-0.2, -0.15) is 5.10 Å². The number of esters is 1. The van der Waals surface area contributed by atoms with Gasteiger partial charge in [0.1, 0.15) is 0 Å². The van der Waals surface area contributed by atoms with Crippen LogP contribution in [0.3, 0.4) is 0 Å². The summed E-state index contributed by atoms with van der Waals surface area (Å²) in [5.41, 5.74) is 2.17. The van der Waals surface area contributed by atoms with E-state index >= 15 is 0 Å². The molecule has 5 nitrogen and oxygen atoms in total. The number of carbonyl (C=O) groups is 1. The predicted octanol–water partition coefficient (Wildman–Crippen LogP) is 2.92. The first-order valence-corrected chi connectivity index (χ1v) is 6.69. The van der Waals surface area contributed by atoms with Crippen LogP contribution in [0.25, 0.3) is 10.9 Å². The van der Waals surface area contributed by atoms with Gasteiger partial charge in [0.2, 0.25) is 0 Å². The lowest BCUT2D eigenvalue weighted by Gasteiger charge is -2.05. The van der Waals surface area contributed by atoms with E-state index in [4.69, 9.17) is 16.3 Å². The number of rotatable bonds is 3. The lowest BCUT2D eigenvalue weighted by molar-refractivity contribution is 0.0600. The highest BCUT2D eigenvalue weighted by Gasteiger charge is 2.09. The van der Waals surface area contributed by atoms with Crippen LogP contribution in [-0.4, -0.2) is 27.8 Å². The third kappa shape index (κ3) is 2.73. The second-order valence-electron chi connectivity index (χ2n) is 4.53. The zero-order valence-corrected chi connectivity index (χ0v) is 12.0. The van der Waals surface area contributed by atoms with Crippen LogP contribution in [0.5, 0.6) is 0 Å². The fraction of sp³-hybridized carbons (Fsp3) is 0.133. The summed E-state index contributed by atoms with van der Waals surface area (Å²) in [6.45, 7) is 0.468. The number of carbonyl (C=O) groups excluding carboxylic acids is 1. The number of hydrogen-bond donors (Lipinski definition) is 0. The minimum absolute atomic E-state index is 0.379. The quantitative estimate of drug-likeness (QED) is 0.698. The summed E-state index contributed by atoms with van der Waals surface area (Å²) in [6, 6.07) is 8.92. The normalized spacial score (nSPS) is 10.8. The van der Waals surface area contributed by atoms with Crippen LogP contribution in [0.4, 0.5) is 0 Å². The highest BCUT2D eigenvalue weighted by molar-refractivity contribution is 6.31. The molecule has 3 rings (SSSR count). The first kappa shape index (κ1) is 13.6. The first-order valence-electron chi connectivity index (χ1n) is 6.31. The molecule has 106 valence electrons. The van der Waals surface area contributed by atoms with Crippen LogP contribution in [0.1, 0.15) is 16.1 Å². The summed E-state index contributed by atoms with van der Waals surface area (Å²) in [4.78, 5) is 15.8. The molecule has 2 heterocycles. The Morgan fingerprint density at radius 2 is 2.19 bits per heavy atom. The van der Waals surface area contributed by atoms with Crippen molar-refractivity contribution in [3.8, 4) is 0 Å². The average Bonchev–Trinajstić information content (AvgIpc) is 2.89. The maximum atomic E-state index is 11.5. The first-order chi connectivity index (χ1) is 10.2.